The van der Waals surface area contributed by atoms with Gasteiger partial charge < -0.3 is 29.1 Å². The SMILES string of the molecule is COc1cccc(F)c1-c1nc2c(cc1Cl)c1c(c(=O)n2-c2c(C)ccnc2C(C)C)N(CCN(C)C)C(=O)[C@H]2CN(C(=O)OC(C)(C)C)[C@H](C)CN12. The number of piperazine rings is 1. The van der Waals surface area contributed by atoms with Crippen LogP contribution in [0.15, 0.2) is 41.3 Å². The number of halogens is 2. The highest BCUT2D eigenvalue weighted by Crippen LogP contribution is 2.45. The van der Waals surface area contributed by atoms with Gasteiger partial charge in [0.15, 0.2) is 5.65 Å². The zero-order chi connectivity index (χ0) is 38.7. The van der Waals surface area contributed by atoms with Crippen molar-refractivity contribution < 1.29 is 23.5 Å². The Balaban J connectivity index is 1.72. The number of benzene rings is 1. The van der Waals surface area contributed by atoms with E-state index in [1.807, 2.05) is 57.7 Å². The van der Waals surface area contributed by atoms with Gasteiger partial charge >= 0.3 is 6.09 Å². The van der Waals surface area contributed by atoms with Crippen molar-refractivity contribution in [3.63, 3.8) is 0 Å². The Kier molecular flexibility index (Phi) is 10.2. The summed E-state index contributed by atoms with van der Waals surface area (Å²) in [4.78, 5) is 60.2. The van der Waals surface area contributed by atoms with Gasteiger partial charge in [0, 0.05) is 37.3 Å². The molecule has 0 bridgehead atoms. The van der Waals surface area contributed by atoms with Crippen LogP contribution in [0.1, 0.15) is 58.7 Å². The van der Waals surface area contributed by atoms with Gasteiger partial charge in [0.25, 0.3) is 11.5 Å². The highest BCUT2D eigenvalue weighted by Gasteiger charge is 2.48. The lowest BCUT2D eigenvalue weighted by molar-refractivity contribution is -0.121. The molecular formula is C39H47ClFN7O5. The summed E-state index contributed by atoms with van der Waals surface area (Å²) in [6.45, 7) is 14.0. The van der Waals surface area contributed by atoms with E-state index in [1.165, 1.54) is 28.7 Å². The van der Waals surface area contributed by atoms with E-state index in [1.54, 1.807) is 44.0 Å². The summed E-state index contributed by atoms with van der Waals surface area (Å²) in [7, 11) is 5.22. The standard InChI is InChI=1S/C39H47ClFN7O5/c1-21(2)30-32(22(3)14-15-42-30)48-35-24(18-25(40)31(43-35)29-26(41)12-11-13-28(29)52-10)33-34(37(48)50)45(17-16-44(8)9)36(49)27-20-46(23(4)19-47(27)33)38(51)53-39(5,6)7/h11-15,18,21,23,27H,16-17,19-20H2,1-10H3/t23-,27-/m1/s1. The van der Waals surface area contributed by atoms with Crippen LogP contribution in [0.25, 0.3) is 28.0 Å². The number of aryl methyl sites for hydroxylation is 1. The Labute approximate surface area is 314 Å². The van der Waals surface area contributed by atoms with Crippen molar-refractivity contribution in [2.24, 2.45) is 0 Å². The number of aromatic nitrogens is 3. The van der Waals surface area contributed by atoms with Gasteiger partial charge in [-0.15, -0.1) is 0 Å². The number of hydrogen-bond acceptors (Lipinski definition) is 9. The summed E-state index contributed by atoms with van der Waals surface area (Å²) in [5.41, 5.74) is 1.68. The van der Waals surface area contributed by atoms with Gasteiger partial charge in [0.2, 0.25) is 0 Å². The van der Waals surface area contributed by atoms with Gasteiger partial charge in [0.1, 0.15) is 28.9 Å². The topological polar surface area (TPSA) is 113 Å². The van der Waals surface area contributed by atoms with E-state index in [0.717, 1.165) is 5.56 Å². The van der Waals surface area contributed by atoms with Crippen LogP contribution in [0.3, 0.4) is 0 Å². The first-order valence-corrected chi connectivity index (χ1v) is 18.1. The number of rotatable bonds is 7. The van der Waals surface area contributed by atoms with Crippen molar-refractivity contribution in [1.29, 1.82) is 0 Å². The molecule has 0 spiro atoms. The second-order valence-corrected chi connectivity index (χ2v) is 15.7. The van der Waals surface area contributed by atoms with E-state index >= 15 is 9.18 Å². The van der Waals surface area contributed by atoms with Crippen LogP contribution < -0.4 is 20.1 Å². The van der Waals surface area contributed by atoms with E-state index in [9.17, 15) is 9.59 Å². The molecule has 0 radical (unpaired) electrons. The van der Waals surface area contributed by atoms with Gasteiger partial charge in [-0.3, -0.25) is 19.1 Å². The van der Waals surface area contributed by atoms with E-state index in [0.29, 0.717) is 29.0 Å². The molecule has 1 fully saturated rings. The third-order valence-electron chi connectivity index (χ3n) is 9.66. The van der Waals surface area contributed by atoms with E-state index in [2.05, 4.69) is 0 Å². The van der Waals surface area contributed by atoms with Gasteiger partial charge in [0.05, 0.1) is 47.0 Å². The molecule has 2 aliphatic heterocycles. The van der Waals surface area contributed by atoms with Gasteiger partial charge in [-0.25, -0.2) is 14.2 Å². The smallest absolute Gasteiger partial charge is 0.410 e. The number of hydrogen-bond donors (Lipinski definition) is 0. The van der Waals surface area contributed by atoms with Gasteiger partial charge in [-0.05, 0) is 84.5 Å². The van der Waals surface area contributed by atoms with Crippen LogP contribution >= 0.6 is 11.6 Å². The lowest BCUT2D eigenvalue weighted by atomic mass is 9.97. The minimum Gasteiger partial charge on any atom is -0.496 e. The first-order chi connectivity index (χ1) is 24.9. The fraction of sp³-hybridized carbons (Fsp3) is 0.462. The number of pyridine rings is 3. The van der Waals surface area contributed by atoms with Crippen molar-refractivity contribution >= 4 is 46.0 Å². The number of ether oxygens (including phenoxy) is 2. The summed E-state index contributed by atoms with van der Waals surface area (Å²) in [6.07, 6.45) is 1.17. The molecule has 0 saturated carbocycles. The monoisotopic (exact) mass is 747 g/mol. The fourth-order valence-corrected chi connectivity index (χ4v) is 7.43. The zero-order valence-corrected chi connectivity index (χ0v) is 32.7. The molecule has 0 unspecified atom stereocenters. The third-order valence-corrected chi connectivity index (χ3v) is 9.94. The maximum Gasteiger partial charge on any atom is 0.410 e. The number of anilines is 2. The highest BCUT2D eigenvalue weighted by molar-refractivity contribution is 6.34. The van der Waals surface area contributed by atoms with Crippen molar-refractivity contribution in [3.05, 3.63) is 69.0 Å². The van der Waals surface area contributed by atoms with Crippen LogP contribution in [-0.4, -0.2) is 101 Å². The van der Waals surface area contributed by atoms with E-state index < -0.39 is 35.2 Å². The molecule has 14 heteroatoms. The molecule has 6 rings (SSSR count). The average molecular weight is 748 g/mol. The van der Waals surface area contributed by atoms with Crippen LogP contribution in [0.4, 0.5) is 20.6 Å². The molecule has 2 amide bonds. The van der Waals surface area contributed by atoms with Crippen LogP contribution in [0.2, 0.25) is 5.02 Å². The maximum atomic E-state index is 15.7. The Morgan fingerprint density at radius 1 is 1.11 bits per heavy atom. The highest BCUT2D eigenvalue weighted by atomic mass is 35.5. The van der Waals surface area contributed by atoms with Crippen molar-refractivity contribution in [1.82, 2.24) is 24.3 Å². The molecular weight excluding hydrogens is 701 g/mol. The molecule has 53 heavy (non-hydrogen) atoms. The summed E-state index contributed by atoms with van der Waals surface area (Å²) >= 11 is 7.07. The Morgan fingerprint density at radius 2 is 1.83 bits per heavy atom. The first kappa shape index (κ1) is 38.0. The summed E-state index contributed by atoms with van der Waals surface area (Å²) in [5.74, 6) is -0.794. The molecule has 0 N–H and O–H groups in total. The van der Waals surface area contributed by atoms with Crippen LogP contribution in [0, 0.1) is 12.7 Å². The number of methoxy groups -OCH3 is 1. The third kappa shape index (κ3) is 6.80. The van der Waals surface area contributed by atoms with Gasteiger partial charge in [-0.1, -0.05) is 31.5 Å². The van der Waals surface area contributed by atoms with Crippen molar-refractivity contribution in [3.8, 4) is 22.7 Å². The summed E-state index contributed by atoms with van der Waals surface area (Å²) < 4.78 is 28.5. The number of nitrogens with zero attached hydrogens (tertiary/aromatic N) is 7. The molecule has 0 aliphatic carbocycles. The van der Waals surface area contributed by atoms with E-state index in [4.69, 9.17) is 31.0 Å². The lowest BCUT2D eigenvalue weighted by Crippen LogP contribution is -2.67. The Morgan fingerprint density at radius 3 is 2.47 bits per heavy atom. The minimum absolute atomic E-state index is 0.0300. The summed E-state index contributed by atoms with van der Waals surface area (Å²) in [6, 6.07) is 6.71. The molecule has 2 atom stereocenters. The molecule has 1 saturated heterocycles. The zero-order valence-electron chi connectivity index (χ0n) is 32.0. The molecule has 5 heterocycles. The molecule has 282 valence electrons. The maximum absolute atomic E-state index is 15.7. The normalized spacial score (nSPS) is 17.5. The predicted molar refractivity (Wildman–Crippen MR) is 205 cm³/mol. The molecule has 12 nitrogen and oxygen atoms in total. The molecule has 1 aromatic carbocycles. The minimum atomic E-state index is -0.844. The fourth-order valence-electron chi connectivity index (χ4n) is 7.18. The molecule has 3 aromatic heterocycles. The van der Waals surface area contributed by atoms with E-state index in [-0.39, 0.29) is 64.8 Å². The number of carbonyl (C=O) groups excluding carboxylic acids is 2. The summed E-state index contributed by atoms with van der Waals surface area (Å²) in [5, 5.41) is 0.598. The molecule has 2 aliphatic rings. The quantitative estimate of drug-likeness (QED) is 0.212. The van der Waals surface area contributed by atoms with Crippen molar-refractivity contribution in [2.75, 3.05) is 57.2 Å². The Bertz CT molecular complexity index is 2170. The molecule has 4 aromatic rings. The number of carbonyl (C=O) groups is 2. The van der Waals surface area contributed by atoms with Crippen LogP contribution in [-0.2, 0) is 9.53 Å². The van der Waals surface area contributed by atoms with Crippen molar-refractivity contribution in [2.45, 2.75) is 72.1 Å². The van der Waals surface area contributed by atoms with Gasteiger partial charge in [-0.2, -0.15) is 0 Å². The second-order valence-electron chi connectivity index (χ2n) is 15.3. The number of likely N-dealkylation sites (N-methyl/N-ethyl adjacent to an activating group) is 1. The predicted octanol–water partition coefficient (Wildman–Crippen LogP) is 6.40. The van der Waals surface area contributed by atoms with Crippen LogP contribution in [0.5, 0.6) is 5.75 Å². The lowest BCUT2D eigenvalue weighted by Gasteiger charge is -2.50. The second kappa shape index (κ2) is 14.2. The number of amides is 2. The average Bonchev–Trinajstić information content (AvgIpc) is 3.07. The number of fused-ring (bicyclic) bond motifs is 5. The first-order valence-electron chi connectivity index (χ1n) is 17.8. The largest absolute Gasteiger partial charge is 0.496 e. The Hall–Kier alpha value is -4.75.